The Kier molecular flexibility index (Phi) is 5.41. The van der Waals surface area contributed by atoms with Crippen molar-refractivity contribution >= 4 is 5.91 Å². The molecule has 160 valence electrons. The molecule has 4 nitrogen and oxygen atoms in total. The van der Waals surface area contributed by atoms with E-state index >= 15 is 0 Å². The normalized spacial score (nSPS) is 22.5. The van der Waals surface area contributed by atoms with Gasteiger partial charge < -0.3 is 10.2 Å². The summed E-state index contributed by atoms with van der Waals surface area (Å²) >= 11 is 0. The van der Waals surface area contributed by atoms with Crippen molar-refractivity contribution in [1.29, 1.82) is 0 Å². The summed E-state index contributed by atoms with van der Waals surface area (Å²) in [4.78, 5) is 17.6. The Balaban J connectivity index is 1.24. The third kappa shape index (κ3) is 4.05. The molecule has 0 radical (unpaired) electrons. The smallest absolute Gasteiger partial charge is 0.255 e. The van der Waals surface area contributed by atoms with E-state index < -0.39 is 0 Å². The summed E-state index contributed by atoms with van der Waals surface area (Å²) in [6.07, 6.45) is 4.14. The number of hydrogen-bond acceptors (Lipinski definition) is 3. The second-order valence-electron chi connectivity index (χ2n) is 9.19. The molecule has 0 spiro atoms. The number of benzene rings is 2. The van der Waals surface area contributed by atoms with E-state index in [9.17, 15) is 4.79 Å². The highest BCUT2D eigenvalue weighted by Gasteiger charge is 2.36. The Morgan fingerprint density at radius 2 is 1.77 bits per heavy atom. The van der Waals surface area contributed by atoms with Crippen LogP contribution in [0.2, 0.25) is 0 Å². The molecule has 2 aromatic rings. The number of carbonyl (C=O) groups is 1. The summed E-state index contributed by atoms with van der Waals surface area (Å²) in [5.41, 5.74) is 6.70. The Labute approximate surface area is 185 Å². The molecule has 3 heterocycles. The predicted octanol–water partition coefficient (Wildman–Crippen LogP) is 4.80. The second kappa shape index (κ2) is 8.35. The van der Waals surface area contributed by atoms with Crippen molar-refractivity contribution in [3.8, 4) is 0 Å². The number of amides is 1. The van der Waals surface area contributed by atoms with Gasteiger partial charge in [0, 0.05) is 30.0 Å². The highest BCUT2D eigenvalue weighted by atomic mass is 16.2. The summed E-state index contributed by atoms with van der Waals surface area (Å²) in [6, 6.07) is 17.3. The minimum Gasteiger partial charge on any atom is -0.362 e. The van der Waals surface area contributed by atoms with E-state index in [-0.39, 0.29) is 11.9 Å². The number of allylic oxidation sites excluding steroid dienone is 1. The third-order valence-corrected chi connectivity index (χ3v) is 7.10. The van der Waals surface area contributed by atoms with Gasteiger partial charge in [0.05, 0.1) is 6.04 Å². The summed E-state index contributed by atoms with van der Waals surface area (Å²) in [5, 5.41) is 3.25. The lowest BCUT2D eigenvalue weighted by molar-refractivity contribution is 0.0711. The molecule has 0 aliphatic carbocycles. The highest BCUT2D eigenvalue weighted by Crippen LogP contribution is 2.35. The molecular weight excluding hydrogens is 382 g/mol. The van der Waals surface area contributed by atoms with E-state index in [2.05, 4.69) is 71.9 Å². The maximum atomic E-state index is 13.1. The molecule has 2 aromatic carbocycles. The fraction of sp³-hybridized carbons (Fsp3) is 0.370. The quantitative estimate of drug-likeness (QED) is 0.782. The third-order valence-electron chi connectivity index (χ3n) is 7.10. The number of hydrogen-bond donors (Lipinski definition) is 1. The molecule has 1 atom stereocenters. The van der Waals surface area contributed by atoms with Gasteiger partial charge in [-0.3, -0.25) is 9.69 Å². The van der Waals surface area contributed by atoms with Crippen LogP contribution < -0.4 is 5.32 Å². The molecule has 2 saturated heterocycles. The topological polar surface area (TPSA) is 35.6 Å². The maximum absolute atomic E-state index is 13.1. The van der Waals surface area contributed by atoms with E-state index in [1.807, 2.05) is 4.90 Å². The molecule has 1 N–H and O–H groups in total. The van der Waals surface area contributed by atoms with E-state index in [0.29, 0.717) is 12.5 Å². The van der Waals surface area contributed by atoms with Crippen molar-refractivity contribution in [2.75, 3.05) is 13.1 Å². The minimum absolute atomic E-state index is 0.0510. The van der Waals surface area contributed by atoms with Crippen LogP contribution in [-0.2, 0) is 13.1 Å². The maximum Gasteiger partial charge on any atom is 0.255 e. The highest BCUT2D eigenvalue weighted by molar-refractivity contribution is 5.98. The fourth-order valence-electron chi connectivity index (χ4n) is 5.34. The number of carbonyl (C=O) groups excluding carboxylic acids is 1. The Bertz CT molecular complexity index is 1000. The first kappa shape index (κ1) is 20.1. The van der Waals surface area contributed by atoms with Gasteiger partial charge in [0.2, 0.25) is 0 Å². The van der Waals surface area contributed by atoms with E-state index in [0.717, 1.165) is 49.4 Å². The van der Waals surface area contributed by atoms with Crippen LogP contribution in [0.5, 0.6) is 0 Å². The Hall–Kier alpha value is -2.85. The first-order valence-corrected chi connectivity index (χ1v) is 11.4. The summed E-state index contributed by atoms with van der Waals surface area (Å²) < 4.78 is 0. The van der Waals surface area contributed by atoms with Crippen molar-refractivity contribution in [3.63, 3.8) is 0 Å². The number of fused-ring (bicyclic) bond motifs is 1. The standard InChI is InChI=1S/C27H31N3O/c1-19-8-11-26(20(2)28-19)30-18-24-16-23(9-10-25(24)27(30)31)22-12-14-29(15-13-22)17-21-6-4-3-5-7-21/h3-7,9-10,16,22,26,28H,1-2,8,11-15,17-18H2. The number of nitrogens with one attached hydrogen (secondary N) is 1. The van der Waals surface area contributed by atoms with Gasteiger partial charge in [-0.15, -0.1) is 0 Å². The van der Waals surface area contributed by atoms with Crippen LogP contribution >= 0.6 is 0 Å². The summed E-state index contributed by atoms with van der Waals surface area (Å²) in [7, 11) is 0. The number of nitrogens with zero attached hydrogens (tertiary/aromatic N) is 2. The molecule has 3 aliphatic heterocycles. The first-order valence-electron chi connectivity index (χ1n) is 11.4. The number of piperidine rings is 2. The van der Waals surface area contributed by atoms with Crippen LogP contribution in [0.15, 0.2) is 73.1 Å². The van der Waals surface area contributed by atoms with Gasteiger partial charge in [-0.1, -0.05) is 55.6 Å². The average molecular weight is 414 g/mol. The van der Waals surface area contributed by atoms with Gasteiger partial charge in [-0.2, -0.15) is 0 Å². The molecular formula is C27H31N3O. The lowest BCUT2D eigenvalue weighted by Crippen LogP contribution is -2.43. The van der Waals surface area contributed by atoms with Crippen molar-refractivity contribution < 1.29 is 4.79 Å². The van der Waals surface area contributed by atoms with Crippen LogP contribution in [0.3, 0.4) is 0 Å². The number of rotatable bonds is 4. The lowest BCUT2D eigenvalue weighted by Gasteiger charge is -2.34. The first-order chi connectivity index (χ1) is 15.1. The minimum atomic E-state index is 0.0510. The van der Waals surface area contributed by atoms with Crippen molar-refractivity contribution in [3.05, 3.63) is 95.3 Å². The monoisotopic (exact) mass is 413 g/mol. The Morgan fingerprint density at radius 1 is 1.00 bits per heavy atom. The van der Waals surface area contributed by atoms with Crippen LogP contribution in [-0.4, -0.2) is 34.8 Å². The van der Waals surface area contributed by atoms with Crippen molar-refractivity contribution in [1.82, 2.24) is 15.1 Å². The van der Waals surface area contributed by atoms with Crippen LogP contribution in [0.1, 0.15) is 58.6 Å². The van der Waals surface area contributed by atoms with Crippen LogP contribution in [0, 0.1) is 0 Å². The largest absolute Gasteiger partial charge is 0.362 e. The van der Waals surface area contributed by atoms with Gasteiger partial charge in [0.1, 0.15) is 0 Å². The molecule has 1 unspecified atom stereocenters. The van der Waals surface area contributed by atoms with E-state index in [1.54, 1.807) is 0 Å². The fourth-order valence-corrected chi connectivity index (χ4v) is 5.34. The van der Waals surface area contributed by atoms with Crippen molar-refractivity contribution in [2.24, 2.45) is 0 Å². The van der Waals surface area contributed by atoms with Gasteiger partial charge in [-0.05, 0) is 67.4 Å². The summed E-state index contributed by atoms with van der Waals surface area (Å²) in [6.45, 7) is 12.1. The van der Waals surface area contributed by atoms with E-state index in [4.69, 9.17) is 0 Å². The Morgan fingerprint density at radius 3 is 2.52 bits per heavy atom. The van der Waals surface area contributed by atoms with Gasteiger partial charge in [0.25, 0.3) is 5.91 Å². The molecule has 5 rings (SSSR count). The van der Waals surface area contributed by atoms with Gasteiger partial charge >= 0.3 is 0 Å². The van der Waals surface area contributed by atoms with Crippen LogP contribution in [0.4, 0.5) is 0 Å². The molecule has 3 aliphatic rings. The van der Waals surface area contributed by atoms with E-state index in [1.165, 1.54) is 29.5 Å². The SMILES string of the molecule is C=C1CCC(N2Cc3cc(C4CCN(Cc5ccccc5)CC4)ccc3C2=O)C(=C)N1. The molecule has 4 heteroatoms. The zero-order valence-corrected chi connectivity index (χ0v) is 18.1. The van der Waals surface area contributed by atoms with Crippen molar-refractivity contribution in [2.45, 2.75) is 50.7 Å². The molecule has 1 amide bonds. The molecule has 0 saturated carbocycles. The number of likely N-dealkylation sites (tertiary alicyclic amines) is 1. The molecule has 0 bridgehead atoms. The van der Waals surface area contributed by atoms with Gasteiger partial charge in [0.15, 0.2) is 0 Å². The zero-order chi connectivity index (χ0) is 21.4. The zero-order valence-electron chi connectivity index (χ0n) is 18.1. The molecule has 2 fully saturated rings. The summed E-state index contributed by atoms with van der Waals surface area (Å²) in [5.74, 6) is 0.718. The average Bonchev–Trinajstić information content (AvgIpc) is 3.10. The van der Waals surface area contributed by atoms with Gasteiger partial charge in [-0.25, -0.2) is 0 Å². The second-order valence-corrected chi connectivity index (χ2v) is 9.19. The van der Waals surface area contributed by atoms with Crippen LogP contribution in [0.25, 0.3) is 0 Å². The lowest BCUT2D eigenvalue weighted by atomic mass is 9.87. The molecule has 31 heavy (non-hydrogen) atoms. The molecule has 0 aromatic heterocycles. The predicted molar refractivity (Wildman–Crippen MR) is 124 cm³/mol.